The maximum absolute atomic E-state index is 10.2. The molecule has 0 bridgehead atoms. The predicted octanol–water partition coefficient (Wildman–Crippen LogP) is 3.16. The normalized spacial score (nSPS) is 17.1. The molecule has 0 aliphatic carbocycles. The summed E-state index contributed by atoms with van der Waals surface area (Å²) in [7, 11) is 0. The molecule has 1 unspecified atom stereocenters. The molecule has 3 N–H and O–H groups in total. The Morgan fingerprint density at radius 3 is 2.46 bits per heavy atom. The maximum atomic E-state index is 10.2. The van der Waals surface area contributed by atoms with Crippen molar-refractivity contribution in [2.75, 3.05) is 39.3 Å². The molecule has 1 fully saturated rings. The van der Waals surface area contributed by atoms with Crippen molar-refractivity contribution in [2.45, 2.75) is 45.1 Å². The molecule has 1 saturated heterocycles. The average Bonchev–Trinajstić information content (AvgIpc) is 2.91. The predicted molar refractivity (Wildman–Crippen MR) is 120 cm³/mol. The molecule has 1 aromatic rings. The Hall–Kier alpha value is -0.860. The van der Waals surface area contributed by atoms with Crippen LogP contribution in [0.5, 0.6) is 0 Å². The number of hydrogen-bond donors (Lipinski definition) is 3. The van der Waals surface area contributed by atoms with Crippen molar-refractivity contribution in [3.63, 3.8) is 0 Å². The minimum atomic E-state index is -0.454. The van der Waals surface area contributed by atoms with Crippen molar-refractivity contribution >= 4 is 29.9 Å². The van der Waals surface area contributed by atoms with Gasteiger partial charge in [-0.05, 0) is 44.8 Å². The highest BCUT2D eigenvalue weighted by atomic mass is 127. The lowest BCUT2D eigenvalue weighted by Crippen LogP contribution is -2.42. The zero-order chi connectivity index (χ0) is 17.7. The quantitative estimate of drug-likeness (QED) is 0.308. The standard InChI is InChI=1S/C20H34N4O.HI/c1-2-21-20(23-14-17-24-15-8-3-4-9-16-24)22-13-12-19(25)18-10-6-5-7-11-18;/h5-7,10-11,19,25H,2-4,8-9,12-17H2,1H3,(H2,21,22,23);1H. The molecule has 1 atom stereocenters. The van der Waals surface area contributed by atoms with Gasteiger partial charge in [-0.25, -0.2) is 0 Å². The molecule has 0 aromatic heterocycles. The van der Waals surface area contributed by atoms with Gasteiger partial charge in [0.15, 0.2) is 5.96 Å². The Bertz CT molecular complexity index is 490. The molecule has 26 heavy (non-hydrogen) atoms. The molecule has 5 nitrogen and oxygen atoms in total. The lowest BCUT2D eigenvalue weighted by atomic mass is 10.1. The first-order chi connectivity index (χ1) is 12.3. The van der Waals surface area contributed by atoms with E-state index in [2.05, 4.69) is 27.4 Å². The van der Waals surface area contributed by atoms with Gasteiger partial charge < -0.3 is 20.6 Å². The fourth-order valence-electron chi connectivity index (χ4n) is 3.17. The molecule has 0 saturated carbocycles. The summed E-state index contributed by atoms with van der Waals surface area (Å²) in [6.07, 6.45) is 5.57. The number of aliphatic hydroxyl groups excluding tert-OH is 1. The summed E-state index contributed by atoms with van der Waals surface area (Å²) in [5, 5.41) is 16.9. The van der Waals surface area contributed by atoms with Gasteiger partial charge in [-0.2, -0.15) is 0 Å². The maximum Gasteiger partial charge on any atom is 0.191 e. The summed E-state index contributed by atoms with van der Waals surface area (Å²) in [5.74, 6) is 0.845. The number of aliphatic imine (C=N–C) groups is 1. The minimum absolute atomic E-state index is 0. The zero-order valence-electron chi connectivity index (χ0n) is 16.0. The Morgan fingerprint density at radius 1 is 1.12 bits per heavy atom. The van der Waals surface area contributed by atoms with E-state index in [0.29, 0.717) is 13.0 Å². The number of benzene rings is 1. The van der Waals surface area contributed by atoms with E-state index < -0.39 is 6.10 Å². The largest absolute Gasteiger partial charge is 0.388 e. The average molecular weight is 474 g/mol. The fraction of sp³-hybridized carbons (Fsp3) is 0.650. The Balaban J connectivity index is 0.00000338. The van der Waals surface area contributed by atoms with E-state index in [1.807, 2.05) is 30.3 Å². The van der Waals surface area contributed by atoms with Crippen molar-refractivity contribution in [1.29, 1.82) is 0 Å². The lowest BCUT2D eigenvalue weighted by molar-refractivity contribution is 0.170. The van der Waals surface area contributed by atoms with Gasteiger partial charge in [0.2, 0.25) is 0 Å². The second-order valence-corrected chi connectivity index (χ2v) is 6.66. The summed E-state index contributed by atoms with van der Waals surface area (Å²) in [6.45, 7) is 7.94. The number of guanidine groups is 1. The fourth-order valence-corrected chi connectivity index (χ4v) is 3.17. The summed E-state index contributed by atoms with van der Waals surface area (Å²) < 4.78 is 0. The molecule has 0 radical (unpaired) electrons. The van der Waals surface area contributed by atoms with Crippen molar-refractivity contribution in [2.24, 2.45) is 4.99 Å². The Kier molecular flexibility index (Phi) is 12.7. The van der Waals surface area contributed by atoms with Gasteiger partial charge >= 0.3 is 0 Å². The molecule has 1 aromatic carbocycles. The van der Waals surface area contributed by atoms with Crippen LogP contribution < -0.4 is 10.6 Å². The smallest absolute Gasteiger partial charge is 0.191 e. The Labute approximate surface area is 175 Å². The van der Waals surface area contributed by atoms with Crippen LogP contribution in [0.15, 0.2) is 35.3 Å². The van der Waals surface area contributed by atoms with Crippen LogP contribution in [0.4, 0.5) is 0 Å². The van der Waals surface area contributed by atoms with Gasteiger partial charge in [0.1, 0.15) is 0 Å². The lowest BCUT2D eigenvalue weighted by Gasteiger charge is -2.20. The van der Waals surface area contributed by atoms with Gasteiger partial charge in [0, 0.05) is 26.2 Å². The van der Waals surface area contributed by atoms with Crippen molar-refractivity contribution in [1.82, 2.24) is 15.5 Å². The molecular formula is C20H35IN4O. The summed E-state index contributed by atoms with van der Waals surface area (Å²) in [5.41, 5.74) is 0.955. The van der Waals surface area contributed by atoms with Crippen LogP contribution in [0, 0.1) is 0 Å². The SMILES string of the molecule is CCNC(=NCCC(O)c1ccccc1)NCCN1CCCCCC1.I. The topological polar surface area (TPSA) is 59.9 Å². The van der Waals surface area contributed by atoms with E-state index in [9.17, 15) is 5.11 Å². The zero-order valence-corrected chi connectivity index (χ0v) is 18.3. The molecule has 0 amide bonds. The molecule has 0 spiro atoms. The van der Waals surface area contributed by atoms with E-state index in [1.165, 1.54) is 38.8 Å². The molecule has 1 aliphatic heterocycles. The van der Waals surface area contributed by atoms with Crippen LogP contribution in [0.2, 0.25) is 0 Å². The molecule has 2 rings (SSSR count). The monoisotopic (exact) mass is 474 g/mol. The first kappa shape index (κ1) is 23.2. The number of hydrogen-bond acceptors (Lipinski definition) is 3. The number of likely N-dealkylation sites (tertiary alicyclic amines) is 1. The number of nitrogens with one attached hydrogen (secondary N) is 2. The van der Waals surface area contributed by atoms with Crippen molar-refractivity contribution < 1.29 is 5.11 Å². The van der Waals surface area contributed by atoms with Gasteiger partial charge in [-0.15, -0.1) is 24.0 Å². The van der Waals surface area contributed by atoms with Crippen LogP contribution in [-0.4, -0.2) is 55.2 Å². The molecule has 1 aliphatic rings. The number of aliphatic hydroxyl groups is 1. The molecule has 6 heteroatoms. The summed E-state index contributed by atoms with van der Waals surface area (Å²) in [6, 6.07) is 9.79. The number of nitrogens with zero attached hydrogens (tertiary/aromatic N) is 2. The molecule has 1 heterocycles. The molecular weight excluding hydrogens is 439 g/mol. The van der Waals surface area contributed by atoms with Crippen LogP contribution >= 0.6 is 24.0 Å². The van der Waals surface area contributed by atoms with Gasteiger partial charge in [0.05, 0.1) is 6.10 Å². The van der Waals surface area contributed by atoms with E-state index in [1.54, 1.807) is 0 Å². The first-order valence-corrected chi connectivity index (χ1v) is 9.77. The third-order valence-electron chi connectivity index (χ3n) is 4.62. The van der Waals surface area contributed by atoms with Crippen LogP contribution in [0.3, 0.4) is 0 Å². The van der Waals surface area contributed by atoms with E-state index in [0.717, 1.165) is 31.2 Å². The van der Waals surface area contributed by atoms with E-state index >= 15 is 0 Å². The van der Waals surface area contributed by atoms with Crippen molar-refractivity contribution in [3.05, 3.63) is 35.9 Å². The Morgan fingerprint density at radius 2 is 1.81 bits per heavy atom. The van der Waals surface area contributed by atoms with E-state index in [4.69, 9.17) is 0 Å². The number of rotatable bonds is 8. The second kappa shape index (κ2) is 14.2. The van der Waals surface area contributed by atoms with Crippen LogP contribution in [0.1, 0.15) is 50.7 Å². The van der Waals surface area contributed by atoms with E-state index in [-0.39, 0.29) is 24.0 Å². The summed E-state index contributed by atoms with van der Waals surface area (Å²) >= 11 is 0. The first-order valence-electron chi connectivity index (χ1n) is 9.77. The molecule has 148 valence electrons. The van der Waals surface area contributed by atoms with Gasteiger partial charge in [-0.1, -0.05) is 43.2 Å². The third kappa shape index (κ3) is 9.19. The van der Waals surface area contributed by atoms with Crippen LogP contribution in [-0.2, 0) is 0 Å². The second-order valence-electron chi connectivity index (χ2n) is 6.66. The minimum Gasteiger partial charge on any atom is -0.388 e. The highest BCUT2D eigenvalue weighted by Crippen LogP contribution is 2.15. The van der Waals surface area contributed by atoms with Crippen LogP contribution in [0.25, 0.3) is 0 Å². The highest BCUT2D eigenvalue weighted by Gasteiger charge is 2.09. The summed E-state index contributed by atoms with van der Waals surface area (Å²) in [4.78, 5) is 7.14. The van der Waals surface area contributed by atoms with Crippen molar-refractivity contribution in [3.8, 4) is 0 Å². The number of halogens is 1. The van der Waals surface area contributed by atoms with Gasteiger partial charge in [0.25, 0.3) is 0 Å². The third-order valence-corrected chi connectivity index (χ3v) is 4.62. The van der Waals surface area contributed by atoms with Gasteiger partial charge in [-0.3, -0.25) is 4.99 Å². The highest BCUT2D eigenvalue weighted by molar-refractivity contribution is 14.0.